The number of hydrogen-bond donors (Lipinski definition) is 0. The second kappa shape index (κ2) is 17.2. The molecule has 0 radical (unpaired) electrons. The normalized spacial score (nSPS) is 12.3. The number of rotatable bonds is 19. The minimum absolute atomic E-state index is 0.186. The number of nitrogens with zero attached hydrogens (tertiary/aromatic N) is 1. The third-order valence-electron chi connectivity index (χ3n) is 7.14. The first kappa shape index (κ1) is 29.9. The van der Waals surface area contributed by atoms with Crippen LogP contribution >= 0.6 is 0 Å². The Hall–Kier alpha value is -2.33. The number of unbranched alkanes of at least 4 members (excludes halogenated alkanes) is 9. The van der Waals surface area contributed by atoms with Gasteiger partial charge < -0.3 is 14.0 Å². The van der Waals surface area contributed by atoms with Crippen molar-refractivity contribution in [2.45, 2.75) is 97.1 Å². The van der Waals surface area contributed by atoms with E-state index in [1.807, 2.05) is 31.2 Å². The van der Waals surface area contributed by atoms with Gasteiger partial charge in [0.2, 0.25) is 0 Å². The minimum atomic E-state index is -0.255. The van der Waals surface area contributed by atoms with Crippen LogP contribution in [0.15, 0.2) is 54.6 Å². The van der Waals surface area contributed by atoms with Crippen molar-refractivity contribution in [2.75, 3.05) is 27.3 Å². The van der Waals surface area contributed by atoms with Gasteiger partial charge in [0, 0.05) is 5.56 Å². The highest BCUT2D eigenvalue weighted by Gasteiger charge is 2.32. The average molecular weight is 497 g/mol. The molecule has 0 aromatic heterocycles. The Bertz CT molecular complexity index is 849. The topological polar surface area (TPSA) is 35.5 Å². The number of hydrogen-bond acceptors (Lipinski definition) is 3. The number of benzene rings is 2. The number of carbonyl (C=O) groups excluding carboxylic acids is 1. The van der Waals surface area contributed by atoms with E-state index in [0.717, 1.165) is 18.7 Å². The third kappa shape index (κ3) is 12.1. The molecule has 0 fully saturated rings. The number of carbonyl (C=O) groups is 1. The molecule has 36 heavy (non-hydrogen) atoms. The van der Waals surface area contributed by atoms with Crippen LogP contribution in [0.2, 0.25) is 0 Å². The molecule has 2 aromatic carbocycles. The average Bonchev–Trinajstić information content (AvgIpc) is 2.87. The molecule has 0 aliphatic rings. The Morgan fingerprint density at radius 1 is 0.778 bits per heavy atom. The summed E-state index contributed by atoms with van der Waals surface area (Å²) in [4.78, 5) is 12.6. The van der Waals surface area contributed by atoms with E-state index < -0.39 is 0 Å². The van der Waals surface area contributed by atoms with E-state index in [2.05, 4.69) is 51.4 Å². The predicted octanol–water partition coefficient (Wildman–Crippen LogP) is 7.74. The molecule has 4 heteroatoms. The lowest BCUT2D eigenvalue weighted by molar-refractivity contribution is -0.917. The molecule has 0 heterocycles. The Morgan fingerprint density at radius 3 is 2.06 bits per heavy atom. The van der Waals surface area contributed by atoms with Crippen molar-refractivity contribution in [3.05, 3.63) is 65.7 Å². The van der Waals surface area contributed by atoms with E-state index >= 15 is 0 Å². The van der Waals surface area contributed by atoms with Crippen LogP contribution in [-0.2, 0) is 22.5 Å². The molecule has 1 unspecified atom stereocenters. The van der Waals surface area contributed by atoms with Crippen LogP contribution in [0.1, 0.15) is 89.2 Å². The zero-order chi connectivity index (χ0) is 26.1. The Balaban J connectivity index is 1.60. The molecule has 0 amide bonds. The van der Waals surface area contributed by atoms with E-state index in [4.69, 9.17) is 9.47 Å². The Kier molecular flexibility index (Phi) is 14.3. The monoisotopic (exact) mass is 496 g/mol. The summed E-state index contributed by atoms with van der Waals surface area (Å²) in [5.74, 6) is 0.665. The van der Waals surface area contributed by atoms with Crippen molar-refractivity contribution in [1.82, 2.24) is 0 Å². The molecule has 0 aliphatic carbocycles. The van der Waals surface area contributed by atoms with E-state index in [1.54, 1.807) is 0 Å². The van der Waals surface area contributed by atoms with Crippen molar-refractivity contribution in [1.29, 1.82) is 0 Å². The second-order valence-electron chi connectivity index (χ2n) is 10.7. The van der Waals surface area contributed by atoms with Crippen LogP contribution < -0.4 is 4.74 Å². The summed E-state index contributed by atoms with van der Waals surface area (Å²) in [6, 6.07) is 18.3. The number of quaternary nitrogens is 1. The van der Waals surface area contributed by atoms with Crippen LogP contribution in [0.4, 0.5) is 0 Å². The SMILES string of the molecule is CCCCCCCCCCCCc1cccc(OCCOC(=O)C(C)[N+](C)(C)Cc2ccccc2)c1. The minimum Gasteiger partial charge on any atom is -0.490 e. The van der Waals surface area contributed by atoms with Gasteiger partial charge in [-0.1, -0.05) is 107 Å². The third-order valence-corrected chi connectivity index (χ3v) is 7.14. The van der Waals surface area contributed by atoms with Gasteiger partial charge in [0.15, 0.2) is 6.04 Å². The van der Waals surface area contributed by atoms with Crippen molar-refractivity contribution < 1.29 is 18.8 Å². The molecule has 4 nitrogen and oxygen atoms in total. The predicted molar refractivity (Wildman–Crippen MR) is 150 cm³/mol. The van der Waals surface area contributed by atoms with Gasteiger partial charge in [0.25, 0.3) is 0 Å². The maximum Gasteiger partial charge on any atom is 0.364 e. The highest BCUT2D eigenvalue weighted by Crippen LogP contribution is 2.18. The van der Waals surface area contributed by atoms with Crippen molar-refractivity contribution >= 4 is 5.97 Å². The van der Waals surface area contributed by atoms with Crippen LogP contribution in [0.25, 0.3) is 0 Å². The zero-order valence-electron chi connectivity index (χ0n) is 23.3. The lowest BCUT2D eigenvalue weighted by Gasteiger charge is -2.34. The van der Waals surface area contributed by atoms with Crippen molar-refractivity contribution in [3.63, 3.8) is 0 Å². The van der Waals surface area contributed by atoms with Gasteiger partial charge in [-0.25, -0.2) is 4.79 Å². The fourth-order valence-electron chi connectivity index (χ4n) is 4.51. The van der Waals surface area contributed by atoms with Gasteiger partial charge >= 0.3 is 5.97 Å². The number of likely N-dealkylation sites (N-methyl/N-ethyl adjacent to an activating group) is 1. The smallest absolute Gasteiger partial charge is 0.364 e. The largest absolute Gasteiger partial charge is 0.490 e. The van der Waals surface area contributed by atoms with Gasteiger partial charge in [0.1, 0.15) is 25.5 Å². The van der Waals surface area contributed by atoms with Crippen LogP contribution in [-0.4, -0.2) is 43.8 Å². The summed E-state index contributed by atoms with van der Waals surface area (Å²) in [7, 11) is 4.13. The van der Waals surface area contributed by atoms with Gasteiger partial charge in [-0.15, -0.1) is 0 Å². The molecule has 200 valence electrons. The highest BCUT2D eigenvalue weighted by atomic mass is 16.6. The quantitative estimate of drug-likeness (QED) is 0.113. The number of aryl methyl sites for hydroxylation is 1. The van der Waals surface area contributed by atoms with Gasteiger partial charge in [0.05, 0.1) is 14.1 Å². The first-order valence-electron chi connectivity index (χ1n) is 14.2. The molecule has 2 rings (SSSR count). The maximum atomic E-state index is 12.6. The molecular weight excluding hydrogens is 446 g/mol. The molecule has 0 spiro atoms. The Labute approximate surface area is 220 Å². The highest BCUT2D eigenvalue weighted by molar-refractivity contribution is 5.74. The standard InChI is InChI=1S/C32H50NO3/c1-5-6-7-8-9-10-11-12-13-15-19-29-22-18-23-31(26-29)35-24-25-36-32(34)28(2)33(3,4)27-30-20-16-14-17-21-30/h14,16-18,20-23,26,28H,5-13,15,19,24-25,27H2,1-4H3/q+1. The maximum absolute atomic E-state index is 12.6. The lowest BCUT2D eigenvalue weighted by atomic mass is 10.0. The van der Waals surface area contributed by atoms with Crippen molar-refractivity contribution in [2.24, 2.45) is 0 Å². The molecule has 0 saturated carbocycles. The first-order valence-corrected chi connectivity index (χ1v) is 14.2. The van der Waals surface area contributed by atoms with E-state index in [9.17, 15) is 4.79 Å². The van der Waals surface area contributed by atoms with E-state index in [0.29, 0.717) is 11.1 Å². The lowest BCUT2D eigenvalue weighted by Crippen LogP contribution is -2.51. The zero-order valence-corrected chi connectivity index (χ0v) is 23.3. The second-order valence-corrected chi connectivity index (χ2v) is 10.7. The van der Waals surface area contributed by atoms with E-state index in [1.165, 1.54) is 75.3 Å². The van der Waals surface area contributed by atoms with Gasteiger partial charge in [-0.3, -0.25) is 0 Å². The van der Waals surface area contributed by atoms with Gasteiger partial charge in [-0.2, -0.15) is 0 Å². The first-order chi connectivity index (χ1) is 17.4. The summed E-state index contributed by atoms with van der Waals surface area (Å²) in [5.41, 5.74) is 2.53. The fraction of sp³-hybridized carbons (Fsp3) is 0.594. The molecule has 0 aliphatic heterocycles. The summed E-state index contributed by atoms with van der Waals surface area (Å²) >= 11 is 0. The van der Waals surface area contributed by atoms with Crippen LogP contribution in [0, 0.1) is 0 Å². The van der Waals surface area contributed by atoms with Gasteiger partial charge in [-0.05, 0) is 37.5 Å². The molecule has 0 bridgehead atoms. The fourth-order valence-corrected chi connectivity index (χ4v) is 4.51. The number of ether oxygens (including phenoxy) is 2. The molecule has 2 aromatic rings. The molecule has 0 saturated heterocycles. The van der Waals surface area contributed by atoms with Crippen LogP contribution in [0.3, 0.4) is 0 Å². The van der Waals surface area contributed by atoms with Crippen molar-refractivity contribution in [3.8, 4) is 5.75 Å². The van der Waals surface area contributed by atoms with Crippen LogP contribution in [0.5, 0.6) is 5.75 Å². The summed E-state index contributed by atoms with van der Waals surface area (Å²) in [6.07, 6.45) is 14.6. The molecular formula is C32H50NO3+. The number of esters is 1. The van der Waals surface area contributed by atoms with E-state index in [-0.39, 0.29) is 18.6 Å². The Morgan fingerprint density at radius 2 is 1.39 bits per heavy atom. The summed E-state index contributed by atoms with van der Waals surface area (Å²) < 4.78 is 12.0. The summed E-state index contributed by atoms with van der Waals surface area (Å²) in [6.45, 7) is 5.61. The summed E-state index contributed by atoms with van der Waals surface area (Å²) in [5, 5.41) is 0. The molecule has 1 atom stereocenters. The molecule has 0 N–H and O–H groups in total.